The second-order valence-electron chi connectivity index (χ2n) is 6.36. The Kier molecular flexibility index (Phi) is 33.9. The molecule has 0 saturated carbocycles. The average Bonchev–Trinajstić information content (AvgIpc) is 2.51. The SMILES string of the molecule is CCCCCC[C@@H](O)C/C=C\CCCCCCCC(=O)O.O=S(=O)(O)O.[NaH].[NaH]. The van der Waals surface area contributed by atoms with Crippen LogP contribution in [0.4, 0.5) is 0 Å². The van der Waals surface area contributed by atoms with Crippen LogP contribution in [0.25, 0.3) is 0 Å². The van der Waals surface area contributed by atoms with Crippen molar-refractivity contribution in [2.45, 2.75) is 96.5 Å². The molecule has 0 radical (unpaired) electrons. The molecule has 4 N–H and O–H groups in total. The average molecular weight is 445 g/mol. The van der Waals surface area contributed by atoms with E-state index in [-0.39, 0.29) is 65.2 Å². The molecule has 0 saturated heterocycles. The van der Waals surface area contributed by atoms with Crippen LogP contribution in [0.5, 0.6) is 0 Å². The maximum absolute atomic E-state index is 10.3. The van der Waals surface area contributed by atoms with Crippen LogP contribution in [0, 0.1) is 0 Å². The molecule has 28 heavy (non-hydrogen) atoms. The quantitative estimate of drug-likeness (QED) is 0.132. The molecule has 0 rings (SSSR count). The summed E-state index contributed by atoms with van der Waals surface area (Å²) in [5, 5.41) is 18.3. The van der Waals surface area contributed by atoms with Gasteiger partial charge in [0.05, 0.1) is 6.10 Å². The van der Waals surface area contributed by atoms with Crippen molar-refractivity contribution in [3.05, 3.63) is 12.2 Å². The second-order valence-corrected chi connectivity index (χ2v) is 7.25. The number of aliphatic hydroxyl groups excluding tert-OH is 1. The molecular formula is C18H38Na2O7S. The van der Waals surface area contributed by atoms with Gasteiger partial charge in [-0.05, 0) is 32.1 Å². The van der Waals surface area contributed by atoms with Gasteiger partial charge in [-0.2, -0.15) is 8.42 Å². The first kappa shape index (κ1) is 36.4. The van der Waals surface area contributed by atoms with Gasteiger partial charge >= 0.3 is 75.5 Å². The van der Waals surface area contributed by atoms with Gasteiger partial charge in [-0.1, -0.05) is 64.0 Å². The fraction of sp³-hybridized carbons (Fsp3) is 0.833. The number of unbranched alkanes of at least 4 members (excludes halogenated alkanes) is 8. The Hall–Kier alpha value is 1.04. The summed E-state index contributed by atoms with van der Waals surface area (Å²) in [4.78, 5) is 10.3. The summed E-state index contributed by atoms with van der Waals surface area (Å²) in [6, 6.07) is 0. The summed E-state index contributed by atoms with van der Waals surface area (Å²) in [6.07, 6.45) is 17.4. The summed E-state index contributed by atoms with van der Waals surface area (Å²) < 4.78 is 31.6. The van der Waals surface area contributed by atoms with Gasteiger partial charge in [-0.3, -0.25) is 13.9 Å². The number of rotatable bonds is 15. The van der Waals surface area contributed by atoms with E-state index in [9.17, 15) is 9.90 Å². The third-order valence-electron chi connectivity index (χ3n) is 3.73. The van der Waals surface area contributed by atoms with Crippen LogP contribution in [0.15, 0.2) is 12.2 Å². The van der Waals surface area contributed by atoms with Crippen LogP contribution >= 0.6 is 0 Å². The zero-order valence-corrected chi connectivity index (χ0v) is 16.7. The van der Waals surface area contributed by atoms with E-state index in [1.165, 1.54) is 25.7 Å². The van der Waals surface area contributed by atoms with Crippen LogP contribution in [-0.4, -0.2) is 98.9 Å². The van der Waals surface area contributed by atoms with Crippen molar-refractivity contribution in [1.82, 2.24) is 0 Å². The van der Waals surface area contributed by atoms with Gasteiger partial charge in [0.2, 0.25) is 0 Å². The molecule has 0 aromatic carbocycles. The molecular weight excluding hydrogens is 406 g/mol. The first-order valence-corrected chi connectivity index (χ1v) is 10.8. The minimum atomic E-state index is -4.67. The summed E-state index contributed by atoms with van der Waals surface area (Å²) in [5.74, 6) is -0.689. The number of aliphatic carboxylic acids is 1. The van der Waals surface area contributed by atoms with Crippen LogP contribution in [0.1, 0.15) is 90.4 Å². The predicted molar refractivity (Wildman–Crippen MR) is 117 cm³/mol. The number of allylic oxidation sites excluding steroid dienone is 1. The monoisotopic (exact) mass is 444 g/mol. The maximum atomic E-state index is 10.3. The summed E-state index contributed by atoms with van der Waals surface area (Å²) in [7, 11) is -4.67. The van der Waals surface area contributed by atoms with E-state index in [0.29, 0.717) is 6.42 Å². The third kappa shape index (κ3) is 45.7. The first-order chi connectivity index (χ1) is 12.2. The summed E-state index contributed by atoms with van der Waals surface area (Å²) >= 11 is 0. The molecule has 1 atom stereocenters. The van der Waals surface area contributed by atoms with E-state index in [4.69, 9.17) is 22.6 Å². The van der Waals surface area contributed by atoms with E-state index in [1.54, 1.807) is 0 Å². The van der Waals surface area contributed by atoms with E-state index < -0.39 is 16.4 Å². The minimum absolute atomic E-state index is 0. The van der Waals surface area contributed by atoms with Gasteiger partial charge in [0.15, 0.2) is 0 Å². The number of hydrogen-bond acceptors (Lipinski definition) is 4. The van der Waals surface area contributed by atoms with E-state index >= 15 is 0 Å². The van der Waals surface area contributed by atoms with E-state index in [0.717, 1.165) is 51.4 Å². The molecule has 0 spiro atoms. The number of aliphatic hydroxyl groups is 1. The molecule has 7 nitrogen and oxygen atoms in total. The molecule has 0 heterocycles. The van der Waals surface area contributed by atoms with Gasteiger partial charge in [-0.15, -0.1) is 0 Å². The van der Waals surface area contributed by atoms with Crippen molar-refractivity contribution in [2.75, 3.05) is 0 Å². The molecule has 10 heteroatoms. The van der Waals surface area contributed by atoms with Crippen molar-refractivity contribution in [3.63, 3.8) is 0 Å². The van der Waals surface area contributed by atoms with Crippen molar-refractivity contribution >= 4 is 75.5 Å². The fourth-order valence-corrected chi connectivity index (χ4v) is 2.36. The molecule has 0 aliphatic rings. The molecule has 0 unspecified atom stereocenters. The molecule has 160 valence electrons. The molecule has 0 aromatic rings. The molecule has 0 aliphatic heterocycles. The summed E-state index contributed by atoms with van der Waals surface area (Å²) in [6.45, 7) is 2.20. The van der Waals surface area contributed by atoms with Crippen LogP contribution in [0.3, 0.4) is 0 Å². The number of carbonyl (C=O) groups is 1. The zero-order valence-electron chi connectivity index (χ0n) is 15.8. The van der Waals surface area contributed by atoms with Gasteiger partial charge < -0.3 is 10.2 Å². The number of carboxylic acid groups (broad SMARTS) is 1. The van der Waals surface area contributed by atoms with E-state index in [2.05, 4.69) is 19.1 Å². The molecule has 0 amide bonds. The molecule has 0 fully saturated rings. The Balaban J connectivity index is -0.000000364. The Morgan fingerprint density at radius 3 is 1.93 bits per heavy atom. The first-order valence-electron chi connectivity index (χ1n) is 9.41. The zero-order chi connectivity index (χ0) is 20.3. The van der Waals surface area contributed by atoms with Gasteiger partial charge in [0.25, 0.3) is 0 Å². The molecule has 0 bridgehead atoms. The summed E-state index contributed by atoms with van der Waals surface area (Å²) in [5.41, 5.74) is 0. The Bertz CT molecular complexity index is 449. The van der Waals surface area contributed by atoms with Gasteiger partial charge in [-0.25, -0.2) is 0 Å². The van der Waals surface area contributed by atoms with Crippen molar-refractivity contribution in [1.29, 1.82) is 0 Å². The molecule has 0 aliphatic carbocycles. The Labute approximate surface area is 214 Å². The molecule has 0 aromatic heterocycles. The Morgan fingerprint density at radius 1 is 0.893 bits per heavy atom. The normalized spacial score (nSPS) is 11.7. The number of hydrogen-bond donors (Lipinski definition) is 4. The van der Waals surface area contributed by atoms with Crippen molar-refractivity contribution in [3.8, 4) is 0 Å². The van der Waals surface area contributed by atoms with E-state index in [1.807, 2.05) is 0 Å². The standard InChI is InChI=1S/C18H34O3.2Na.H2O4S.2H/c1-2-3-4-11-14-17(19)15-12-9-7-5-6-8-10-13-16-18(20)21;;;1-5(2,3)4;;/h9,12,17,19H,2-8,10-11,13-16H2,1H3,(H,20,21);;;(H2,1,2,3,4);;/b12-9-;;;;;/t17-;;;;;/m1...../s1. The second kappa shape index (κ2) is 26.1. The third-order valence-corrected chi connectivity index (χ3v) is 3.73. The van der Waals surface area contributed by atoms with Crippen molar-refractivity contribution in [2.24, 2.45) is 0 Å². The van der Waals surface area contributed by atoms with Gasteiger partial charge in [0.1, 0.15) is 0 Å². The number of carboxylic acids is 1. The fourth-order valence-electron chi connectivity index (χ4n) is 2.36. The van der Waals surface area contributed by atoms with Crippen molar-refractivity contribution < 1.29 is 32.5 Å². The van der Waals surface area contributed by atoms with Crippen LogP contribution < -0.4 is 0 Å². The topological polar surface area (TPSA) is 132 Å². The Morgan fingerprint density at radius 2 is 1.39 bits per heavy atom. The van der Waals surface area contributed by atoms with Crippen LogP contribution in [-0.2, 0) is 15.2 Å². The van der Waals surface area contributed by atoms with Crippen LogP contribution in [0.2, 0.25) is 0 Å². The predicted octanol–water partition coefficient (Wildman–Crippen LogP) is 3.13. The van der Waals surface area contributed by atoms with Gasteiger partial charge in [0, 0.05) is 6.42 Å².